The third kappa shape index (κ3) is 3.06. The van der Waals surface area contributed by atoms with E-state index in [0.29, 0.717) is 22.4 Å². The van der Waals surface area contributed by atoms with Gasteiger partial charge in [-0.2, -0.15) is 5.26 Å². The molecule has 1 heterocycles. The molecular formula is C13H14Cl2N2. The highest BCUT2D eigenvalue weighted by atomic mass is 35.5. The average molecular weight is 269 g/mol. The molecule has 0 bridgehead atoms. The highest BCUT2D eigenvalue weighted by Gasteiger charge is 2.20. The number of piperidine rings is 1. The number of nitriles is 1. The Bertz CT molecular complexity index is 440. The molecule has 0 N–H and O–H groups in total. The van der Waals surface area contributed by atoms with E-state index in [-0.39, 0.29) is 0 Å². The van der Waals surface area contributed by atoms with Gasteiger partial charge in [-0.3, -0.25) is 0 Å². The SMILES string of the molecule is N#CCC1CCCN(c2ccc(Cl)c(Cl)c2)C1. The number of anilines is 1. The van der Waals surface area contributed by atoms with Gasteiger partial charge in [0.15, 0.2) is 0 Å². The minimum Gasteiger partial charge on any atom is -0.371 e. The van der Waals surface area contributed by atoms with E-state index in [1.165, 1.54) is 0 Å². The molecule has 1 aromatic rings. The summed E-state index contributed by atoms with van der Waals surface area (Å²) >= 11 is 11.9. The zero-order chi connectivity index (χ0) is 12.3. The Kier molecular flexibility index (Phi) is 4.15. The van der Waals surface area contributed by atoms with Crippen molar-refractivity contribution in [2.75, 3.05) is 18.0 Å². The van der Waals surface area contributed by atoms with Crippen LogP contribution in [-0.4, -0.2) is 13.1 Å². The van der Waals surface area contributed by atoms with Gasteiger partial charge in [0, 0.05) is 25.2 Å². The molecule has 1 atom stereocenters. The molecule has 1 aromatic carbocycles. The second-order valence-electron chi connectivity index (χ2n) is 4.41. The quantitative estimate of drug-likeness (QED) is 0.807. The Morgan fingerprint density at radius 1 is 1.35 bits per heavy atom. The summed E-state index contributed by atoms with van der Waals surface area (Å²) < 4.78 is 0. The molecule has 1 saturated heterocycles. The van der Waals surface area contributed by atoms with E-state index in [0.717, 1.165) is 31.6 Å². The van der Waals surface area contributed by atoms with Crippen LogP contribution < -0.4 is 4.90 Å². The van der Waals surface area contributed by atoms with Crippen molar-refractivity contribution in [3.05, 3.63) is 28.2 Å². The maximum absolute atomic E-state index is 8.75. The first kappa shape index (κ1) is 12.5. The van der Waals surface area contributed by atoms with Crippen LogP contribution in [0.2, 0.25) is 10.0 Å². The van der Waals surface area contributed by atoms with Crippen molar-refractivity contribution in [3.63, 3.8) is 0 Å². The van der Waals surface area contributed by atoms with Crippen LogP contribution in [0.5, 0.6) is 0 Å². The zero-order valence-electron chi connectivity index (χ0n) is 9.50. The maximum atomic E-state index is 8.75. The molecule has 0 spiro atoms. The van der Waals surface area contributed by atoms with Gasteiger partial charge in [-0.15, -0.1) is 0 Å². The second-order valence-corrected chi connectivity index (χ2v) is 5.23. The van der Waals surface area contributed by atoms with Crippen molar-refractivity contribution in [2.24, 2.45) is 5.92 Å². The van der Waals surface area contributed by atoms with Crippen LogP contribution in [0.3, 0.4) is 0 Å². The number of rotatable bonds is 2. The molecule has 0 radical (unpaired) electrons. The standard InChI is InChI=1S/C13H14Cl2N2/c14-12-4-3-11(8-13(12)15)17-7-1-2-10(9-17)5-6-16/h3-4,8,10H,1-2,5,7,9H2. The lowest BCUT2D eigenvalue weighted by atomic mass is 9.95. The van der Waals surface area contributed by atoms with Gasteiger partial charge >= 0.3 is 0 Å². The molecule has 0 saturated carbocycles. The average Bonchev–Trinajstić information content (AvgIpc) is 2.33. The van der Waals surface area contributed by atoms with Crippen molar-refractivity contribution >= 4 is 28.9 Å². The second kappa shape index (κ2) is 5.62. The Balaban J connectivity index is 2.11. The molecule has 2 rings (SSSR count). The van der Waals surface area contributed by atoms with Crippen LogP contribution in [0.15, 0.2) is 18.2 Å². The fraction of sp³-hybridized carbons (Fsp3) is 0.462. The van der Waals surface area contributed by atoms with Gasteiger partial charge in [0.1, 0.15) is 0 Å². The summed E-state index contributed by atoms with van der Waals surface area (Å²) in [5.74, 6) is 0.475. The summed E-state index contributed by atoms with van der Waals surface area (Å²) in [5, 5.41) is 9.92. The molecule has 0 amide bonds. The van der Waals surface area contributed by atoms with Crippen molar-refractivity contribution in [2.45, 2.75) is 19.3 Å². The summed E-state index contributed by atoms with van der Waals surface area (Å²) in [4.78, 5) is 2.29. The normalized spacial score (nSPS) is 20.1. The summed E-state index contributed by atoms with van der Waals surface area (Å²) in [5.41, 5.74) is 1.10. The molecule has 1 fully saturated rings. The fourth-order valence-electron chi connectivity index (χ4n) is 2.28. The van der Waals surface area contributed by atoms with E-state index in [4.69, 9.17) is 28.5 Å². The Labute approximate surface area is 112 Å². The molecular weight excluding hydrogens is 255 g/mol. The first-order valence-electron chi connectivity index (χ1n) is 5.77. The van der Waals surface area contributed by atoms with Crippen molar-refractivity contribution in [3.8, 4) is 6.07 Å². The third-order valence-electron chi connectivity index (χ3n) is 3.17. The number of hydrogen-bond acceptors (Lipinski definition) is 2. The summed E-state index contributed by atoms with van der Waals surface area (Å²) in [7, 11) is 0. The van der Waals surface area contributed by atoms with Crippen molar-refractivity contribution < 1.29 is 0 Å². The largest absolute Gasteiger partial charge is 0.371 e. The lowest BCUT2D eigenvalue weighted by Crippen LogP contribution is -2.35. The molecule has 0 aromatic heterocycles. The Hall–Kier alpha value is -0.910. The van der Waals surface area contributed by atoms with Crippen molar-refractivity contribution in [1.29, 1.82) is 5.26 Å². The first-order chi connectivity index (χ1) is 8.20. The van der Waals surface area contributed by atoms with Gasteiger partial charge in [-0.05, 0) is 37.0 Å². The van der Waals surface area contributed by atoms with Gasteiger partial charge < -0.3 is 4.90 Å². The van der Waals surface area contributed by atoms with Crippen LogP contribution in [-0.2, 0) is 0 Å². The van der Waals surface area contributed by atoms with E-state index >= 15 is 0 Å². The molecule has 90 valence electrons. The van der Waals surface area contributed by atoms with Gasteiger partial charge in [-0.25, -0.2) is 0 Å². The minimum atomic E-state index is 0.475. The van der Waals surface area contributed by atoms with Crippen LogP contribution in [0, 0.1) is 17.2 Å². The van der Waals surface area contributed by atoms with E-state index in [2.05, 4.69) is 11.0 Å². The third-order valence-corrected chi connectivity index (χ3v) is 3.91. The number of hydrogen-bond donors (Lipinski definition) is 0. The van der Waals surface area contributed by atoms with Gasteiger partial charge in [-0.1, -0.05) is 23.2 Å². The van der Waals surface area contributed by atoms with Gasteiger partial charge in [0.05, 0.1) is 16.1 Å². The van der Waals surface area contributed by atoms with Crippen LogP contribution in [0.4, 0.5) is 5.69 Å². The first-order valence-corrected chi connectivity index (χ1v) is 6.53. The maximum Gasteiger partial charge on any atom is 0.0625 e. The molecule has 17 heavy (non-hydrogen) atoms. The predicted octanol–water partition coefficient (Wildman–Crippen LogP) is 4.12. The fourth-order valence-corrected chi connectivity index (χ4v) is 2.57. The monoisotopic (exact) mass is 268 g/mol. The number of nitrogens with zero attached hydrogens (tertiary/aromatic N) is 2. The van der Waals surface area contributed by atoms with Crippen molar-refractivity contribution in [1.82, 2.24) is 0 Å². The van der Waals surface area contributed by atoms with Crippen LogP contribution in [0.1, 0.15) is 19.3 Å². The molecule has 1 aliphatic rings. The summed E-state index contributed by atoms with van der Waals surface area (Å²) in [6.45, 7) is 1.96. The molecule has 0 aliphatic carbocycles. The lowest BCUT2D eigenvalue weighted by Gasteiger charge is -2.33. The summed E-state index contributed by atoms with van der Waals surface area (Å²) in [6, 6.07) is 7.97. The van der Waals surface area contributed by atoms with E-state index in [1.807, 2.05) is 18.2 Å². The molecule has 1 unspecified atom stereocenters. The molecule has 1 aliphatic heterocycles. The summed E-state index contributed by atoms with van der Waals surface area (Å²) in [6.07, 6.45) is 2.91. The highest BCUT2D eigenvalue weighted by molar-refractivity contribution is 6.42. The topological polar surface area (TPSA) is 27.0 Å². The predicted molar refractivity (Wildman–Crippen MR) is 71.6 cm³/mol. The molecule has 4 heteroatoms. The number of benzene rings is 1. The Morgan fingerprint density at radius 3 is 2.88 bits per heavy atom. The van der Waals surface area contributed by atoms with E-state index in [1.54, 1.807) is 0 Å². The smallest absolute Gasteiger partial charge is 0.0625 e. The van der Waals surface area contributed by atoms with E-state index < -0.39 is 0 Å². The Morgan fingerprint density at radius 2 is 2.18 bits per heavy atom. The molecule has 2 nitrogen and oxygen atoms in total. The van der Waals surface area contributed by atoms with Crippen LogP contribution >= 0.6 is 23.2 Å². The number of halogens is 2. The zero-order valence-corrected chi connectivity index (χ0v) is 11.0. The van der Waals surface area contributed by atoms with Gasteiger partial charge in [0.2, 0.25) is 0 Å². The highest BCUT2D eigenvalue weighted by Crippen LogP contribution is 2.30. The minimum absolute atomic E-state index is 0.475. The van der Waals surface area contributed by atoms with Crippen LogP contribution in [0.25, 0.3) is 0 Å². The van der Waals surface area contributed by atoms with Gasteiger partial charge in [0.25, 0.3) is 0 Å². The van der Waals surface area contributed by atoms with E-state index in [9.17, 15) is 0 Å². The lowest BCUT2D eigenvalue weighted by molar-refractivity contribution is 0.422.